The number of amides is 1. The highest BCUT2D eigenvalue weighted by Crippen LogP contribution is 2.32. The summed E-state index contributed by atoms with van der Waals surface area (Å²) in [6.07, 6.45) is 0.977. The molecule has 3 aromatic rings. The van der Waals surface area contributed by atoms with E-state index in [2.05, 4.69) is 31.8 Å². The summed E-state index contributed by atoms with van der Waals surface area (Å²) in [6, 6.07) is 17.5. The normalized spacial score (nSPS) is 11.4. The first-order valence-corrected chi connectivity index (χ1v) is 8.96. The predicted molar refractivity (Wildman–Crippen MR) is 111 cm³/mol. The van der Waals surface area contributed by atoms with E-state index in [0.29, 0.717) is 11.3 Å². The lowest BCUT2D eigenvalue weighted by Gasteiger charge is -2.24. The van der Waals surface area contributed by atoms with Gasteiger partial charge >= 0.3 is 0 Å². The third-order valence-electron chi connectivity index (χ3n) is 5.00. The third-order valence-corrected chi connectivity index (χ3v) is 5.00. The van der Waals surface area contributed by atoms with Gasteiger partial charge in [-0.25, -0.2) is 4.98 Å². The average Bonchev–Trinajstić information content (AvgIpc) is 2.66. The maximum atomic E-state index is 12.7. The number of aromatic nitrogens is 1. The van der Waals surface area contributed by atoms with E-state index in [1.807, 2.05) is 42.5 Å². The van der Waals surface area contributed by atoms with E-state index in [-0.39, 0.29) is 11.4 Å². The van der Waals surface area contributed by atoms with Crippen LogP contribution >= 0.6 is 0 Å². The number of benzene rings is 2. The zero-order valence-electron chi connectivity index (χ0n) is 15.9. The van der Waals surface area contributed by atoms with Crippen molar-refractivity contribution >= 4 is 22.8 Å². The molecule has 3 rings (SSSR count). The van der Waals surface area contributed by atoms with Crippen LogP contribution in [0.4, 0.5) is 0 Å². The predicted octanol–water partition coefficient (Wildman–Crippen LogP) is 4.00. The molecule has 0 aliphatic heterocycles. The van der Waals surface area contributed by atoms with E-state index in [1.54, 1.807) is 6.07 Å². The van der Waals surface area contributed by atoms with Crippen LogP contribution in [0, 0.1) is 0 Å². The van der Waals surface area contributed by atoms with Gasteiger partial charge in [0.15, 0.2) is 5.96 Å². The molecule has 1 amide bonds. The van der Waals surface area contributed by atoms with E-state index < -0.39 is 5.91 Å². The number of hydrogen-bond donors (Lipinski definition) is 2. The number of rotatable bonds is 4. The van der Waals surface area contributed by atoms with E-state index in [1.165, 1.54) is 0 Å². The SMILES string of the molecule is CCC(C)(C)c1ccc2nc(-c3ccccc3)cc(C(=O)N=C(N)N)c2c1. The molecule has 5 nitrogen and oxygen atoms in total. The number of guanidine groups is 1. The van der Waals surface area contributed by atoms with Crippen molar-refractivity contribution in [3.05, 3.63) is 65.7 Å². The summed E-state index contributed by atoms with van der Waals surface area (Å²) in [6.45, 7) is 6.50. The van der Waals surface area contributed by atoms with E-state index in [4.69, 9.17) is 16.5 Å². The summed E-state index contributed by atoms with van der Waals surface area (Å²) in [4.78, 5) is 21.2. The Morgan fingerprint density at radius 3 is 2.41 bits per heavy atom. The standard InChI is InChI=1S/C22H24N4O/c1-4-22(2,3)15-10-11-18-16(12-15)17(20(27)26-21(23)24)13-19(25-18)14-8-6-5-7-9-14/h5-13H,4H2,1-3H3,(H4,23,24,26,27). The Hall–Kier alpha value is -3.21. The first kappa shape index (κ1) is 18.6. The van der Waals surface area contributed by atoms with Crippen molar-refractivity contribution in [3.8, 4) is 11.3 Å². The fourth-order valence-corrected chi connectivity index (χ4v) is 2.96. The zero-order valence-corrected chi connectivity index (χ0v) is 15.9. The Morgan fingerprint density at radius 1 is 1.07 bits per heavy atom. The Morgan fingerprint density at radius 2 is 1.78 bits per heavy atom. The fourth-order valence-electron chi connectivity index (χ4n) is 2.96. The number of fused-ring (bicyclic) bond motifs is 1. The third kappa shape index (κ3) is 3.82. The van der Waals surface area contributed by atoms with Crippen LogP contribution in [0.2, 0.25) is 0 Å². The van der Waals surface area contributed by atoms with Crippen LogP contribution in [0.5, 0.6) is 0 Å². The summed E-state index contributed by atoms with van der Waals surface area (Å²) in [7, 11) is 0. The highest BCUT2D eigenvalue weighted by molar-refractivity contribution is 6.11. The molecule has 0 fully saturated rings. The molecule has 0 radical (unpaired) electrons. The van der Waals surface area contributed by atoms with Gasteiger partial charge in [0.25, 0.3) is 5.91 Å². The fraction of sp³-hybridized carbons (Fsp3) is 0.227. The molecule has 27 heavy (non-hydrogen) atoms. The molecule has 0 atom stereocenters. The van der Waals surface area contributed by atoms with Crippen molar-refractivity contribution in [2.45, 2.75) is 32.6 Å². The van der Waals surface area contributed by atoms with Crippen LogP contribution in [-0.4, -0.2) is 16.9 Å². The quantitative estimate of drug-likeness (QED) is 0.543. The summed E-state index contributed by atoms with van der Waals surface area (Å²) < 4.78 is 0. The van der Waals surface area contributed by atoms with Gasteiger partial charge in [-0.2, -0.15) is 4.99 Å². The van der Waals surface area contributed by atoms with Crippen molar-refractivity contribution < 1.29 is 4.79 Å². The first-order valence-electron chi connectivity index (χ1n) is 8.96. The molecule has 138 valence electrons. The number of aliphatic imine (C=N–C) groups is 1. The molecule has 0 saturated heterocycles. The highest BCUT2D eigenvalue weighted by Gasteiger charge is 2.21. The number of pyridine rings is 1. The minimum absolute atomic E-state index is 0.0111. The Kier molecular flexibility index (Phi) is 4.95. The smallest absolute Gasteiger partial charge is 0.280 e. The maximum absolute atomic E-state index is 12.7. The lowest BCUT2D eigenvalue weighted by atomic mass is 9.81. The first-order chi connectivity index (χ1) is 12.8. The van der Waals surface area contributed by atoms with Gasteiger partial charge < -0.3 is 11.5 Å². The van der Waals surface area contributed by atoms with Crippen LogP contribution in [0.25, 0.3) is 22.2 Å². The molecule has 0 bridgehead atoms. The molecule has 0 aliphatic carbocycles. The lowest BCUT2D eigenvalue weighted by molar-refractivity contribution is 0.100. The number of carbonyl (C=O) groups is 1. The van der Waals surface area contributed by atoms with Crippen LogP contribution in [0.15, 0.2) is 59.6 Å². The van der Waals surface area contributed by atoms with Crippen LogP contribution in [0.1, 0.15) is 43.1 Å². The number of carbonyl (C=O) groups excluding carboxylic acids is 1. The zero-order chi connectivity index (χ0) is 19.6. The molecular weight excluding hydrogens is 336 g/mol. The summed E-state index contributed by atoms with van der Waals surface area (Å²) >= 11 is 0. The van der Waals surface area contributed by atoms with E-state index in [0.717, 1.165) is 28.5 Å². The topological polar surface area (TPSA) is 94.4 Å². The second-order valence-corrected chi connectivity index (χ2v) is 7.23. The summed E-state index contributed by atoms with van der Waals surface area (Å²) in [5.41, 5.74) is 14.8. The molecular formula is C22H24N4O. The molecule has 0 saturated carbocycles. The summed E-state index contributed by atoms with van der Waals surface area (Å²) in [5.74, 6) is -0.720. The monoisotopic (exact) mass is 360 g/mol. The van der Waals surface area contributed by atoms with E-state index in [9.17, 15) is 4.79 Å². The minimum Gasteiger partial charge on any atom is -0.370 e. The van der Waals surface area contributed by atoms with E-state index >= 15 is 0 Å². The van der Waals surface area contributed by atoms with Crippen molar-refractivity contribution in [2.24, 2.45) is 16.5 Å². The number of nitrogens with two attached hydrogens (primary N) is 2. The van der Waals surface area contributed by atoms with Gasteiger partial charge in [-0.1, -0.05) is 57.2 Å². The number of hydrogen-bond acceptors (Lipinski definition) is 2. The molecule has 5 heteroatoms. The molecule has 2 aromatic carbocycles. The van der Waals surface area contributed by atoms with Crippen LogP contribution < -0.4 is 11.5 Å². The van der Waals surface area contributed by atoms with Gasteiger partial charge in [0.2, 0.25) is 0 Å². The van der Waals surface area contributed by atoms with Gasteiger partial charge in [-0.15, -0.1) is 0 Å². The second kappa shape index (κ2) is 7.19. The second-order valence-electron chi connectivity index (χ2n) is 7.23. The molecule has 0 aliphatic rings. The molecule has 4 N–H and O–H groups in total. The van der Waals surface area contributed by atoms with Crippen molar-refractivity contribution in [1.82, 2.24) is 4.98 Å². The van der Waals surface area contributed by atoms with Crippen LogP contribution in [0.3, 0.4) is 0 Å². The largest absolute Gasteiger partial charge is 0.370 e. The molecule has 1 aromatic heterocycles. The molecule has 1 heterocycles. The average molecular weight is 360 g/mol. The van der Waals surface area contributed by atoms with Gasteiger partial charge in [-0.3, -0.25) is 4.79 Å². The van der Waals surface area contributed by atoms with Gasteiger partial charge in [0.1, 0.15) is 0 Å². The Labute approximate surface area is 159 Å². The van der Waals surface area contributed by atoms with Crippen molar-refractivity contribution in [1.29, 1.82) is 0 Å². The Bertz CT molecular complexity index is 1020. The molecule has 0 spiro atoms. The lowest BCUT2D eigenvalue weighted by Crippen LogP contribution is -2.24. The molecule has 0 unspecified atom stereocenters. The van der Waals surface area contributed by atoms with Crippen molar-refractivity contribution in [3.63, 3.8) is 0 Å². The summed E-state index contributed by atoms with van der Waals surface area (Å²) in [5, 5.41) is 0.753. The maximum Gasteiger partial charge on any atom is 0.280 e. The number of nitrogens with zero attached hydrogens (tertiary/aromatic N) is 2. The highest BCUT2D eigenvalue weighted by atomic mass is 16.1. The minimum atomic E-state index is -0.467. The Balaban J connectivity index is 2.28. The van der Waals surface area contributed by atoms with Crippen molar-refractivity contribution in [2.75, 3.05) is 0 Å². The van der Waals surface area contributed by atoms with Gasteiger partial charge in [0.05, 0.1) is 16.8 Å². The van der Waals surface area contributed by atoms with Gasteiger partial charge in [0, 0.05) is 10.9 Å². The van der Waals surface area contributed by atoms with Crippen LogP contribution in [-0.2, 0) is 5.41 Å². The van der Waals surface area contributed by atoms with Gasteiger partial charge in [-0.05, 0) is 35.6 Å².